The van der Waals surface area contributed by atoms with Crippen LogP contribution in [0.2, 0.25) is 0 Å². The number of hydrogen-bond acceptors (Lipinski definition) is 2. The van der Waals surface area contributed by atoms with Gasteiger partial charge in [-0.1, -0.05) is 109 Å². The van der Waals surface area contributed by atoms with Gasteiger partial charge < -0.3 is 10.2 Å². The summed E-state index contributed by atoms with van der Waals surface area (Å²) in [6.45, 7) is 4.38. The summed E-state index contributed by atoms with van der Waals surface area (Å²) >= 11 is 0. The van der Waals surface area contributed by atoms with E-state index in [0.717, 1.165) is 32.1 Å². The van der Waals surface area contributed by atoms with Crippen molar-refractivity contribution in [1.29, 1.82) is 0 Å². The van der Waals surface area contributed by atoms with Crippen LogP contribution in [0.5, 0.6) is 0 Å². The molecule has 1 atom stereocenters. The standard InChI is InChI=1S/C26H42O4/c1-3-5-7-8-9-10-11-12-13-14-15-18-21(17-6-4-2)22-19-16-20-23(25(27)28)24(22)26(29)30/h16,19-21H,3-15,17-18H2,1-2H3,(H,27,28)(H,29,30). The summed E-state index contributed by atoms with van der Waals surface area (Å²) in [6, 6.07) is 4.90. The average Bonchev–Trinajstić information content (AvgIpc) is 2.73. The fourth-order valence-electron chi connectivity index (χ4n) is 4.29. The molecule has 0 aromatic heterocycles. The molecule has 0 aliphatic carbocycles. The van der Waals surface area contributed by atoms with E-state index in [1.807, 2.05) is 6.07 Å². The van der Waals surface area contributed by atoms with Gasteiger partial charge in [0.05, 0.1) is 11.1 Å². The Kier molecular flexibility index (Phi) is 13.9. The molecule has 1 aromatic rings. The van der Waals surface area contributed by atoms with Crippen molar-refractivity contribution in [1.82, 2.24) is 0 Å². The highest BCUT2D eigenvalue weighted by atomic mass is 16.4. The first-order chi connectivity index (χ1) is 14.5. The van der Waals surface area contributed by atoms with Crippen molar-refractivity contribution >= 4 is 11.9 Å². The Hall–Kier alpha value is -1.84. The summed E-state index contributed by atoms with van der Waals surface area (Å²) in [7, 11) is 0. The molecule has 0 aliphatic rings. The van der Waals surface area contributed by atoms with E-state index in [0.29, 0.717) is 5.56 Å². The minimum absolute atomic E-state index is 0.0193. The van der Waals surface area contributed by atoms with Gasteiger partial charge in [-0.25, -0.2) is 9.59 Å². The first-order valence-electron chi connectivity index (χ1n) is 12.1. The molecular formula is C26H42O4. The Bertz CT molecular complexity index is 623. The molecule has 0 heterocycles. The molecule has 4 heteroatoms. The first-order valence-corrected chi connectivity index (χ1v) is 12.1. The van der Waals surface area contributed by atoms with Crippen molar-refractivity contribution in [2.75, 3.05) is 0 Å². The van der Waals surface area contributed by atoms with Gasteiger partial charge in [0, 0.05) is 0 Å². The van der Waals surface area contributed by atoms with Crippen LogP contribution in [0.3, 0.4) is 0 Å². The van der Waals surface area contributed by atoms with Crippen LogP contribution in [0, 0.1) is 0 Å². The third-order valence-electron chi connectivity index (χ3n) is 6.04. The van der Waals surface area contributed by atoms with Crippen LogP contribution in [-0.2, 0) is 0 Å². The molecule has 30 heavy (non-hydrogen) atoms. The van der Waals surface area contributed by atoms with Crippen LogP contribution in [-0.4, -0.2) is 22.2 Å². The van der Waals surface area contributed by atoms with Gasteiger partial charge in [-0.15, -0.1) is 0 Å². The molecule has 0 radical (unpaired) electrons. The highest BCUT2D eigenvalue weighted by molar-refractivity contribution is 6.02. The number of carboxylic acids is 2. The maximum atomic E-state index is 11.8. The highest BCUT2D eigenvalue weighted by Gasteiger charge is 2.24. The van der Waals surface area contributed by atoms with E-state index in [2.05, 4.69) is 13.8 Å². The van der Waals surface area contributed by atoms with Gasteiger partial charge in [-0.05, 0) is 30.4 Å². The molecule has 0 amide bonds. The molecule has 0 fully saturated rings. The summed E-state index contributed by atoms with van der Waals surface area (Å²) in [5.41, 5.74) is 0.581. The third kappa shape index (κ3) is 9.77. The molecule has 0 aliphatic heterocycles. The topological polar surface area (TPSA) is 74.6 Å². The summed E-state index contributed by atoms with van der Waals surface area (Å²) in [4.78, 5) is 23.3. The summed E-state index contributed by atoms with van der Waals surface area (Å²) < 4.78 is 0. The Morgan fingerprint density at radius 1 is 0.700 bits per heavy atom. The van der Waals surface area contributed by atoms with E-state index in [1.54, 1.807) is 6.07 Å². The van der Waals surface area contributed by atoms with Crippen molar-refractivity contribution in [3.05, 3.63) is 34.9 Å². The number of rotatable bonds is 18. The lowest BCUT2D eigenvalue weighted by Crippen LogP contribution is -2.14. The van der Waals surface area contributed by atoms with E-state index in [9.17, 15) is 19.8 Å². The van der Waals surface area contributed by atoms with Crippen molar-refractivity contribution in [2.45, 2.75) is 116 Å². The lowest BCUT2D eigenvalue weighted by Gasteiger charge is -2.20. The number of benzene rings is 1. The van der Waals surface area contributed by atoms with Crippen molar-refractivity contribution in [3.8, 4) is 0 Å². The fourth-order valence-corrected chi connectivity index (χ4v) is 4.29. The van der Waals surface area contributed by atoms with Gasteiger partial charge in [0.25, 0.3) is 0 Å². The van der Waals surface area contributed by atoms with Gasteiger partial charge in [-0.2, -0.15) is 0 Å². The summed E-state index contributed by atoms with van der Waals surface area (Å²) in [6.07, 6.45) is 18.1. The van der Waals surface area contributed by atoms with Crippen molar-refractivity contribution < 1.29 is 19.8 Å². The van der Waals surface area contributed by atoms with E-state index >= 15 is 0 Å². The Morgan fingerprint density at radius 2 is 1.20 bits per heavy atom. The number of unbranched alkanes of at least 4 members (excludes halogenated alkanes) is 11. The number of aromatic carboxylic acids is 2. The molecule has 1 rings (SSSR count). The van der Waals surface area contributed by atoms with E-state index in [-0.39, 0.29) is 17.0 Å². The zero-order valence-electron chi connectivity index (χ0n) is 19.1. The van der Waals surface area contributed by atoms with Gasteiger partial charge in [0.2, 0.25) is 0 Å². The predicted octanol–water partition coefficient (Wildman–Crippen LogP) is 8.06. The second kappa shape index (κ2) is 15.9. The monoisotopic (exact) mass is 418 g/mol. The average molecular weight is 419 g/mol. The molecule has 4 nitrogen and oxygen atoms in total. The predicted molar refractivity (Wildman–Crippen MR) is 124 cm³/mol. The molecular weight excluding hydrogens is 376 g/mol. The Morgan fingerprint density at radius 3 is 1.70 bits per heavy atom. The zero-order chi connectivity index (χ0) is 22.2. The first kappa shape index (κ1) is 26.2. The Labute approximate surface area is 183 Å². The molecule has 2 N–H and O–H groups in total. The van der Waals surface area contributed by atoms with Gasteiger partial charge in [-0.3, -0.25) is 0 Å². The van der Waals surface area contributed by atoms with Gasteiger partial charge in [0.15, 0.2) is 0 Å². The molecule has 1 unspecified atom stereocenters. The Balaban J connectivity index is 2.53. The zero-order valence-corrected chi connectivity index (χ0v) is 19.1. The lowest BCUT2D eigenvalue weighted by atomic mass is 9.84. The molecule has 0 saturated heterocycles. The summed E-state index contributed by atoms with van der Waals surface area (Å²) in [5, 5.41) is 19.1. The van der Waals surface area contributed by atoms with E-state index < -0.39 is 11.9 Å². The van der Waals surface area contributed by atoms with Crippen LogP contribution in [0.25, 0.3) is 0 Å². The fraction of sp³-hybridized carbons (Fsp3) is 0.692. The maximum absolute atomic E-state index is 11.8. The SMILES string of the molecule is CCCCCCCCCCCCCC(CCCC)c1cccc(C(=O)O)c1C(=O)O. The van der Waals surface area contributed by atoms with Gasteiger partial charge >= 0.3 is 11.9 Å². The largest absolute Gasteiger partial charge is 0.478 e. The van der Waals surface area contributed by atoms with Crippen molar-refractivity contribution in [2.24, 2.45) is 0 Å². The van der Waals surface area contributed by atoms with Crippen LogP contribution < -0.4 is 0 Å². The minimum Gasteiger partial charge on any atom is -0.478 e. The van der Waals surface area contributed by atoms with E-state index in [1.165, 1.54) is 70.3 Å². The molecule has 0 spiro atoms. The molecule has 170 valence electrons. The number of carboxylic acid groups (broad SMARTS) is 2. The quantitative estimate of drug-likeness (QED) is 0.236. The second-order valence-electron chi connectivity index (χ2n) is 8.54. The third-order valence-corrected chi connectivity index (χ3v) is 6.04. The maximum Gasteiger partial charge on any atom is 0.336 e. The molecule has 0 bridgehead atoms. The summed E-state index contributed by atoms with van der Waals surface area (Å²) in [5.74, 6) is -2.18. The van der Waals surface area contributed by atoms with Gasteiger partial charge in [0.1, 0.15) is 0 Å². The van der Waals surface area contributed by atoms with Crippen molar-refractivity contribution in [3.63, 3.8) is 0 Å². The normalized spacial score (nSPS) is 12.1. The van der Waals surface area contributed by atoms with E-state index in [4.69, 9.17) is 0 Å². The number of hydrogen-bond donors (Lipinski definition) is 2. The lowest BCUT2D eigenvalue weighted by molar-refractivity contribution is 0.0650. The smallest absolute Gasteiger partial charge is 0.336 e. The molecule has 1 aromatic carbocycles. The number of carbonyl (C=O) groups is 2. The van der Waals surface area contributed by atoms with Crippen LogP contribution in [0.4, 0.5) is 0 Å². The highest BCUT2D eigenvalue weighted by Crippen LogP contribution is 2.32. The van der Waals surface area contributed by atoms with Crippen LogP contribution >= 0.6 is 0 Å². The van der Waals surface area contributed by atoms with Crippen LogP contribution in [0.15, 0.2) is 18.2 Å². The van der Waals surface area contributed by atoms with Crippen LogP contribution in [0.1, 0.15) is 142 Å². The minimum atomic E-state index is -1.17. The molecule has 0 saturated carbocycles. The second-order valence-corrected chi connectivity index (χ2v) is 8.54.